The third-order valence-electron chi connectivity index (χ3n) is 3.53. The smallest absolute Gasteiger partial charge is 0.313 e. The first-order valence-corrected chi connectivity index (χ1v) is 8.82. The van der Waals surface area contributed by atoms with E-state index in [1.807, 2.05) is 0 Å². The molecule has 0 N–H and O–H groups in total. The number of ether oxygens (including phenoxy) is 1. The Kier molecular flexibility index (Phi) is 5.15. The molecule has 0 fully saturated rings. The summed E-state index contributed by atoms with van der Waals surface area (Å²) in [5.41, 5.74) is 1.28. The number of benzene rings is 2. The van der Waals surface area contributed by atoms with Crippen molar-refractivity contribution < 1.29 is 22.3 Å². The fourth-order valence-electron chi connectivity index (χ4n) is 2.33. The van der Waals surface area contributed by atoms with Gasteiger partial charge in [-0.25, -0.2) is 12.8 Å². The van der Waals surface area contributed by atoms with Crippen LogP contribution in [0, 0.1) is 5.82 Å². The van der Waals surface area contributed by atoms with Crippen molar-refractivity contribution in [2.45, 2.75) is 17.2 Å². The second kappa shape index (κ2) is 6.91. The molecular formula is C17H17FO4S. The second-order valence-electron chi connectivity index (χ2n) is 5.25. The fraction of sp³-hybridized carbons (Fsp3) is 0.235. The van der Waals surface area contributed by atoms with Crippen LogP contribution in [0.5, 0.6) is 0 Å². The van der Waals surface area contributed by atoms with Crippen LogP contribution in [0.25, 0.3) is 0 Å². The van der Waals surface area contributed by atoms with Crippen LogP contribution in [0.1, 0.15) is 17.0 Å². The second-order valence-corrected chi connectivity index (χ2v) is 7.27. The average Bonchev–Trinajstić information content (AvgIpc) is 2.51. The number of methoxy groups -OCH3 is 1. The molecule has 0 aliphatic carbocycles. The highest BCUT2D eigenvalue weighted by Crippen LogP contribution is 2.24. The monoisotopic (exact) mass is 336 g/mol. The van der Waals surface area contributed by atoms with E-state index < -0.39 is 21.7 Å². The van der Waals surface area contributed by atoms with Crippen molar-refractivity contribution in [2.24, 2.45) is 0 Å². The van der Waals surface area contributed by atoms with Gasteiger partial charge in [-0.1, -0.05) is 24.3 Å². The van der Waals surface area contributed by atoms with E-state index in [0.717, 1.165) is 6.26 Å². The van der Waals surface area contributed by atoms with Gasteiger partial charge in [-0.15, -0.1) is 0 Å². The molecule has 122 valence electrons. The minimum Gasteiger partial charge on any atom is -0.469 e. The van der Waals surface area contributed by atoms with Gasteiger partial charge in [0.15, 0.2) is 9.84 Å². The first kappa shape index (κ1) is 17.1. The van der Waals surface area contributed by atoms with Crippen LogP contribution in [0.15, 0.2) is 53.4 Å². The molecule has 0 saturated heterocycles. The predicted molar refractivity (Wildman–Crippen MR) is 84.4 cm³/mol. The third kappa shape index (κ3) is 4.39. The molecule has 0 aliphatic heterocycles. The molecule has 2 aromatic rings. The summed E-state index contributed by atoms with van der Waals surface area (Å²) >= 11 is 0. The molecule has 0 saturated carbocycles. The lowest BCUT2D eigenvalue weighted by molar-refractivity contribution is -0.142. The number of carbonyl (C=O) groups excluding carboxylic acids is 1. The summed E-state index contributed by atoms with van der Waals surface area (Å²) in [4.78, 5) is 12.2. The number of carbonyl (C=O) groups is 1. The number of esters is 1. The molecule has 2 rings (SSSR count). The molecular weight excluding hydrogens is 319 g/mol. The predicted octanol–water partition coefficient (Wildman–Crippen LogP) is 2.73. The number of hydrogen-bond donors (Lipinski definition) is 0. The van der Waals surface area contributed by atoms with Gasteiger partial charge in [0.2, 0.25) is 0 Å². The van der Waals surface area contributed by atoms with E-state index in [4.69, 9.17) is 4.74 Å². The highest BCUT2D eigenvalue weighted by Gasteiger charge is 2.22. The molecule has 6 heteroatoms. The van der Waals surface area contributed by atoms with E-state index >= 15 is 0 Å². The Balaban J connectivity index is 2.33. The van der Waals surface area contributed by atoms with Gasteiger partial charge < -0.3 is 4.74 Å². The molecule has 23 heavy (non-hydrogen) atoms. The normalized spacial score (nSPS) is 12.7. The highest BCUT2D eigenvalue weighted by molar-refractivity contribution is 7.90. The van der Waals surface area contributed by atoms with Crippen LogP contribution in [-0.4, -0.2) is 27.8 Å². The first-order chi connectivity index (χ1) is 10.8. The molecule has 2 aromatic carbocycles. The summed E-state index contributed by atoms with van der Waals surface area (Å²) in [6.07, 6.45) is 1.38. The number of rotatable bonds is 5. The van der Waals surface area contributed by atoms with Gasteiger partial charge in [0.1, 0.15) is 5.82 Å². The lowest BCUT2D eigenvalue weighted by Crippen LogP contribution is -2.17. The molecule has 0 aromatic heterocycles. The van der Waals surface area contributed by atoms with Crippen molar-refractivity contribution in [1.29, 1.82) is 0 Å². The zero-order valence-electron chi connectivity index (χ0n) is 12.8. The fourth-order valence-corrected chi connectivity index (χ4v) is 2.96. The first-order valence-electron chi connectivity index (χ1n) is 6.93. The highest BCUT2D eigenvalue weighted by atomic mass is 32.2. The minimum absolute atomic E-state index is 0.177. The van der Waals surface area contributed by atoms with Crippen LogP contribution in [-0.2, 0) is 25.8 Å². The van der Waals surface area contributed by atoms with Gasteiger partial charge in [-0.3, -0.25) is 4.79 Å². The van der Waals surface area contributed by atoms with Gasteiger partial charge >= 0.3 is 5.97 Å². The van der Waals surface area contributed by atoms with E-state index in [0.29, 0.717) is 11.1 Å². The lowest BCUT2D eigenvalue weighted by atomic mass is 9.92. The number of sulfone groups is 1. The van der Waals surface area contributed by atoms with Crippen molar-refractivity contribution in [3.63, 3.8) is 0 Å². The maximum atomic E-state index is 13.3. The van der Waals surface area contributed by atoms with Gasteiger partial charge in [0, 0.05) is 6.26 Å². The van der Waals surface area contributed by atoms with Crippen molar-refractivity contribution >= 4 is 15.8 Å². The Morgan fingerprint density at radius 1 is 1.17 bits per heavy atom. The van der Waals surface area contributed by atoms with Crippen molar-refractivity contribution in [3.8, 4) is 0 Å². The Bertz CT molecular complexity index is 798. The summed E-state index contributed by atoms with van der Waals surface area (Å²) in [5, 5.41) is 0. The molecule has 0 heterocycles. The average molecular weight is 336 g/mol. The third-order valence-corrected chi connectivity index (χ3v) is 4.65. The summed E-state index contributed by atoms with van der Waals surface area (Å²) in [6, 6.07) is 12.1. The van der Waals surface area contributed by atoms with E-state index in [1.165, 1.54) is 31.4 Å². The topological polar surface area (TPSA) is 60.4 Å². The molecule has 0 bridgehead atoms. The maximum Gasteiger partial charge on any atom is 0.313 e. The van der Waals surface area contributed by atoms with Gasteiger partial charge in [-0.05, 0) is 41.8 Å². The summed E-state index contributed by atoms with van der Waals surface area (Å²) in [5.74, 6) is -1.46. The quantitative estimate of drug-likeness (QED) is 0.788. The minimum atomic E-state index is -3.30. The van der Waals surface area contributed by atoms with Crippen molar-refractivity contribution in [2.75, 3.05) is 13.4 Å². The molecule has 0 aliphatic rings. The van der Waals surface area contributed by atoms with Crippen LogP contribution in [0.2, 0.25) is 0 Å². The van der Waals surface area contributed by atoms with E-state index in [1.54, 1.807) is 24.3 Å². The Labute approximate surface area is 134 Å². The zero-order valence-corrected chi connectivity index (χ0v) is 13.6. The summed E-state index contributed by atoms with van der Waals surface area (Å²) in [6.45, 7) is 0. The van der Waals surface area contributed by atoms with Gasteiger partial charge in [0.05, 0.1) is 17.9 Å². The van der Waals surface area contributed by atoms with Crippen LogP contribution < -0.4 is 0 Å². The Hall–Kier alpha value is -2.21. The molecule has 0 radical (unpaired) electrons. The molecule has 0 spiro atoms. The van der Waals surface area contributed by atoms with Crippen LogP contribution >= 0.6 is 0 Å². The Morgan fingerprint density at radius 2 is 1.83 bits per heavy atom. The molecule has 1 unspecified atom stereocenters. The van der Waals surface area contributed by atoms with E-state index in [2.05, 4.69) is 0 Å². The maximum absolute atomic E-state index is 13.3. The van der Waals surface area contributed by atoms with Crippen LogP contribution in [0.3, 0.4) is 0 Å². The number of hydrogen-bond acceptors (Lipinski definition) is 4. The Morgan fingerprint density at radius 3 is 2.35 bits per heavy atom. The molecule has 0 amide bonds. The van der Waals surface area contributed by atoms with Gasteiger partial charge in [0.25, 0.3) is 0 Å². The van der Waals surface area contributed by atoms with Crippen molar-refractivity contribution in [1.82, 2.24) is 0 Å². The largest absolute Gasteiger partial charge is 0.469 e. The summed E-state index contributed by atoms with van der Waals surface area (Å²) in [7, 11) is -2.02. The zero-order chi connectivity index (χ0) is 17.0. The SMILES string of the molecule is COC(=O)C(Cc1cccc(F)c1)c1ccc(S(C)(=O)=O)cc1. The van der Waals surface area contributed by atoms with Gasteiger partial charge in [-0.2, -0.15) is 0 Å². The summed E-state index contributed by atoms with van der Waals surface area (Å²) < 4.78 is 41.1. The van der Waals surface area contributed by atoms with E-state index in [9.17, 15) is 17.6 Å². The van der Waals surface area contributed by atoms with Crippen molar-refractivity contribution in [3.05, 3.63) is 65.5 Å². The molecule has 1 atom stereocenters. The number of halogens is 1. The van der Waals surface area contributed by atoms with E-state index in [-0.39, 0.29) is 17.1 Å². The standard InChI is InChI=1S/C17H17FO4S/c1-22-17(19)16(11-12-4-3-5-14(18)10-12)13-6-8-15(9-7-13)23(2,20)21/h3-10,16H,11H2,1-2H3. The molecule has 4 nitrogen and oxygen atoms in total. The van der Waals surface area contributed by atoms with Crippen LogP contribution in [0.4, 0.5) is 4.39 Å². The lowest BCUT2D eigenvalue weighted by Gasteiger charge is -2.15.